The average Bonchev–Trinajstić information content (AvgIpc) is 3.04. The maximum atomic E-state index is 12.7. The minimum Gasteiger partial charge on any atom is -0.457 e. The predicted octanol–water partition coefficient (Wildman–Crippen LogP) is 1.28. The summed E-state index contributed by atoms with van der Waals surface area (Å²) in [6.45, 7) is 4.56. The second-order valence-electron chi connectivity index (χ2n) is 7.14. The molecule has 160 valence electrons. The van der Waals surface area contributed by atoms with Crippen LogP contribution in [0.2, 0.25) is 0 Å². The van der Waals surface area contributed by atoms with Gasteiger partial charge in [-0.05, 0) is 19.4 Å². The number of amides is 1. The van der Waals surface area contributed by atoms with E-state index in [0.717, 1.165) is 4.90 Å². The van der Waals surface area contributed by atoms with E-state index in [2.05, 4.69) is 6.58 Å². The lowest BCUT2D eigenvalue weighted by Gasteiger charge is -2.52. The van der Waals surface area contributed by atoms with Gasteiger partial charge in [-0.3, -0.25) is 14.9 Å². The second-order valence-corrected chi connectivity index (χ2v) is 7.14. The Morgan fingerprint density at radius 2 is 2.20 bits per heavy atom. The van der Waals surface area contributed by atoms with Crippen LogP contribution < -0.4 is 0 Å². The molecule has 30 heavy (non-hydrogen) atoms. The Kier molecular flexibility index (Phi) is 5.74. The molecule has 1 N–H and O–H groups in total. The van der Waals surface area contributed by atoms with E-state index in [0.29, 0.717) is 0 Å². The average molecular weight is 420 g/mol. The SMILES string of the molecule is C=CCC1C(C2(C)COC(=O)O2)C(=O)N1C(O)C(=O)OCc1ccccc1[N+](=O)[O-]. The highest BCUT2D eigenvalue weighted by Crippen LogP contribution is 2.42. The number of nitrogens with zero attached hydrogens (tertiary/aromatic N) is 2. The van der Waals surface area contributed by atoms with Crippen LogP contribution in [0.1, 0.15) is 18.9 Å². The maximum absolute atomic E-state index is 12.7. The van der Waals surface area contributed by atoms with Gasteiger partial charge in [0.15, 0.2) is 5.60 Å². The first kappa shape index (κ1) is 21.2. The molecule has 0 spiro atoms. The van der Waals surface area contributed by atoms with E-state index < -0.39 is 53.4 Å². The van der Waals surface area contributed by atoms with Crippen molar-refractivity contribution in [1.29, 1.82) is 0 Å². The third-order valence-electron chi connectivity index (χ3n) is 5.15. The smallest absolute Gasteiger partial charge is 0.457 e. The van der Waals surface area contributed by atoms with Crippen LogP contribution in [0.5, 0.6) is 0 Å². The number of cyclic esters (lactones) is 2. The topological polar surface area (TPSA) is 146 Å². The summed E-state index contributed by atoms with van der Waals surface area (Å²) in [4.78, 5) is 47.7. The zero-order chi connectivity index (χ0) is 22.1. The third-order valence-corrected chi connectivity index (χ3v) is 5.15. The van der Waals surface area contributed by atoms with E-state index in [-0.39, 0.29) is 24.3 Å². The molecule has 0 aliphatic carbocycles. The number of carbonyl (C=O) groups excluding carboxylic acids is 3. The molecular formula is C19H20N2O9. The van der Waals surface area contributed by atoms with Gasteiger partial charge in [0.2, 0.25) is 12.1 Å². The molecule has 4 atom stereocenters. The molecule has 1 amide bonds. The second kappa shape index (κ2) is 8.11. The number of hydrogen-bond acceptors (Lipinski definition) is 9. The van der Waals surface area contributed by atoms with Crippen molar-refractivity contribution in [2.24, 2.45) is 5.92 Å². The number of aliphatic hydroxyl groups is 1. The van der Waals surface area contributed by atoms with Gasteiger partial charge >= 0.3 is 12.1 Å². The Morgan fingerprint density at radius 1 is 1.50 bits per heavy atom. The van der Waals surface area contributed by atoms with E-state index in [1.807, 2.05) is 0 Å². The van der Waals surface area contributed by atoms with Crippen LogP contribution in [0.25, 0.3) is 0 Å². The van der Waals surface area contributed by atoms with E-state index in [1.165, 1.54) is 31.2 Å². The molecule has 0 aromatic heterocycles. The number of rotatable bonds is 8. The first-order valence-electron chi connectivity index (χ1n) is 9.05. The Hall–Kier alpha value is -3.47. The van der Waals surface area contributed by atoms with Crippen molar-refractivity contribution in [3.63, 3.8) is 0 Å². The lowest BCUT2D eigenvalue weighted by atomic mass is 9.73. The number of β-lactam (4-membered cyclic amide) rings is 1. The van der Waals surface area contributed by atoms with Crippen LogP contribution in [-0.2, 0) is 30.4 Å². The predicted molar refractivity (Wildman–Crippen MR) is 98.7 cm³/mol. The molecule has 0 saturated carbocycles. The highest BCUT2D eigenvalue weighted by atomic mass is 16.8. The molecule has 11 nitrogen and oxygen atoms in total. The Bertz CT molecular complexity index is 902. The molecule has 2 aliphatic rings. The van der Waals surface area contributed by atoms with Crippen LogP contribution >= 0.6 is 0 Å². The van der Waals surface area contributed by atoms with Crippen LogP contribution in [-0.4, -0.2) is 57.4 Å². The molecular weight excluding hydrogens is 400 g/mol. The number of para-hydroxylation sites is 1. The fourth-order valence-electron chi connectivity index (χ4n) is 3.71. The number of aliphatic hydroxyl groups excluding tert-OH is 1. The third kappa shape index (κ3) is 3.71. The zero-order valence-corrected chi connectivity index (χ0v) is 16.1. The van der Waals surface area contributed by atoms with Gasteiger partial charge in [0, 0.05) is 6.07 Å². The van der Waals surface area contributed by atoms with Crippen molar-refractivity contribution in [3.05, 3.63) is 52.6 Å². The molecule has 11 heteroatoms. The van der Waals surface area contributed by atoms with Crippen LogP contribution in [0, 0.1) is 16.0 Å². The van der Waals surface area contributed by atoms with Crippen molar-refractivity contribution in [1.82, 2.24) is 4.90 Å². The molecule has 1 aromatic rings. The highest BCUT2D eigenvalue weighted by molar-refractivity contribution is 5.92. The molecule has 3 rings (SSSR count). The molecule has 2 heterocycles. The van der Waals surface area contributed by atoms with Crippen LogP contribution in [0.15, 0.2) is 36.9 Å². The van der Waals surface area contributed by atoms with Crippen LogP contribution in [0.3, 0.4) is 0 Å². The van der Waals surface area contributed by atoms with Crippen molar-refractivity contribution in [3.8, 4) is 0 Å². The number of carbonyl (C=O) groups is 3. The molecule has 0 bridgehead atoms. The molecule has 2 aliphatic heterocycles. The van der Waals surface area contributed by atoms with Gasteiger partial charge in [-0.1, -0.05) is 18.2 Å². The molecule has 4 unspecified atom stereocenters. The Labute approximate surface area is 171 Å². The number of esters is 1. The molecule has 2 fully saturated rings. The first-order valence-corrected chi connectivity index (χ1v) is 9.05. The number of likely N-dealkylation sites (tertiary alicyclic amines) is 1. The highest BCUT2D eigenvalue weighted by Gasteiger charge is 2.62. The summed E-state index contributed by atoms with van der Waals surface area (Å²) in [5.74, 6) is -2.59. The fourth-order valence-corrected chi connectivity index (χ4v) is 3.71. The Balaban J connectivity index is 1.69. The van der Waals surface area contributed by atoms with Gasteiger partial charge in [-0.2, -0.15) is 0 Å². The zero-order valence-electron chi connectivity index (χ0n) is 16.1. The van der Waals surface area contributed by atoms with Crippen molar-refractivity contribution < 1.29 is 38.6 Å². The van der Waals surface area contributed by atoms with Gasteiger partial charge in [-0.15, -0.1) is 6.58 Å². The standard InChI is InChI=1S/C19H20N2O9/c1-3-6-13-14(19(2)10-29-18(25)30-19)15(22)20(13)16(23)17(24)28-9-11-7-4-5-8-12(11)21(26)27/h3-5,7-8,13-14,16,23H,1,6,9-10H2,2H3. The molecule has 1 aromatic carbocycles. The largest absolute Gasteiger partial charge is 0.509 e. The molecule has 2 saturated heterocycles. The van der Waals surface area contributed by atoms with Gasteiger partial charge in [0.25, 0.3) is 5.69 Å². The van der Waals surface area contributed by atoms with E-state index in [9.17, 15) is 29.6 Å². The lowest BCUT2D eigenvalue weighted by molar-refractivity contribution is -0.385. The van der Waals surface area contributed by atoms with Crippen molar-refractivity contribution in [2.45, 2.75) is 37.8 Å². The monoisotopic (exact) mass is 420 g/mol. The number of nitro groups is 1. The Morgan fingerprint density at radius 3 is 2.80 bits per heavy atom. The summed E-state index contributed by atoms with van der Waals surface area (Å²) in [5, 5.41) is 21.4. The fraction of sp³-hybridized carbons (Fsp3) is 0.421. The summed E-state index contributed by atoms with van der Waals surface area (Å²) >= 11 is 0. The number of nitro benzene ring substituents is 1. The maximum Gasteiger partial charge on any atom is 0.509 e. The number of hydrogen-bond donors (Lipinski definition) is 1. The summed E-state index contributed by atoms with van der Waals surface area (Å²) in [7, 11) is 0. The van der Waals surface area contributed by atoms with E-state index in [1.54, 1.807) is 6.07 Å². The minimum absolute atomic E-state index is 0.137. The van der Waals surface area contributed by atoms with Gasteiger partial charge in [-0.25, -0.2) is 9.59 Å². The number of benzene rings is 1. The molecule has 0 radical (unpaired) electrons. The van der Waals surface area contributed by atoms with Gasteiger partial charge in [0.05, 0.1) is 16.5 Å². The van der Waals surface area contributed by atoms with Crippen molar-refractivity contribution >= 4 is 23.7 Å². The number of ether oxygens (including phenoxy) is 3. The quantitative estimate of drug-likeness (QED) is 0.216. The summed E-state index contributed by atoms with van der Waals surface area (Å²) in [5.41, 5.74) is -1.33. The normalized spacial score (nSPS) is 26.3. The van der Waals surface area contributed by atoms with E-state index in [4.69, 9.17) is 14.2 Å². The lowest BCUT2D eigenvalue weighted by Crippen LogP contribution is -2.71. The van der Waals surface area contributed by atoms with Gasteiger partial charge < -0.3 is 24.2 Å². The van der Waals surface area contributed by atoms with E-state index >= 15 is 0 Å². The van der Waals surface area contributed by atoms with Crippen molar-refractivity contribution in [2.75, 3.05) is 6.61 Å². The summed E-state index contributed by atoms with van der Waals surface area (Å²) < 4.78 is 14.9. The van der Waals surface area contributed by atoms with Crippen LogP contribution in [0.4, 0.5) is 10.5 Å². The summed E-state index contributed by atoms with van der Waals surface area (Å²) in [6, 6.07) is 5.01. The van der Waals surface area contributed by atoms with Gasteiger partial charge in [0.1, 0.15) is 19.1 Å². The summed E-state index contributed by atoms with van der Waals surface area (Å²) in [6.07, 6.45) is -1.10. The minimum atomic E-state index is -1.93. The first-order chi connectivity index (χ1) is 14.2.